The topological polar surface area (TPSA) is 63.6 Å². The van der Waals surface area contributed by atoms with Crippen molar-refractivity contribution in [3.63, 3.8) is 0 Å². The van der Waals surface area contributed by atoms with Gasteiger partial charge in [-0.25, -0.2) is 9.59 Å². The predicted octanol–water partition coefficient (Wildman–Crippen LogP) is 10.9. The van der Waals surface area contributed by atoms with Gasteiger partial charge in [0.25, 0.3) is 0 Å². The molecule has 0 aromatic heterocycles. The molecule has 0 heterocycles. The fourth-order valence-electron chi connectivity index (χ4n) is 5.15. The van der Waals surface area contributed by atoms with Crippen LogP contribution in [0.25, 0.3) is 0 Å². The molecule has 0 spiro atoms. The van der Waals surface area contributed by atoms with Crippen LogP contribution >= 0.6 is 0 Å². The van der Waals surface area contributed by atoms with Crippen LogP contribution in [-0.2, 0) is 4.74 Å². The molecule has 0 fully saturated rings. The van der Waals surface area contributed by atoms with E-state index in [4.69, 9.17) is 4.74 Å². The summed E-state index contributed by atoms with van der Waals surface area (Å²) in [7, 11) is 0. The van der Waals surface area contributed by atoms with E-state index in [1.165, 1.54) is 153 Å². The van der Waals surface area contributed by atoms with Gasteiger partial charge in [0, 0.05) is 0 Å². The number of carbonyl (C=O) groups is 2. The van der Waals surface area contributed by atoms with Crippen molar-refractivity contribution in [2.24, 2.45) is 0 Å². The van der Waals surface area contributed by atoms with Crippen molar-refractivity contribution in [3.05, 3.63) is 35.4 Å². The van der Waals surface area contributed by atoms with Crippen LogP contribution in [0.1, 0.15) is 182 Å². The zero-order valence-electron chi connectivity index (χ0n) is 24.7. The molecule has 0 aliphatic heterocycles. The Morgan fingerprint density at radius 2 is 0.842 bits per heavy atom. The molecule has 0 radical (unpaired) electrons. The van der Waals surface area contributed by atoms with E-state index in [2.05, 4.69) is 6.92 Å². The molecule has 0 atom stereocenters. The third kappa shape index (κ3) is 19.3. The van der Waals surface area contributed by atoms with Crippen molar-refractivity contribution in [2.75, 3.05) is 6.61 Å². The quantitative estimate of drug-likeness (QED) is 0.0907. The number of hydrogen-bond donors (Lipinski definition) is 1. The van der Waals surface area contributed by atoms with E-state index in [-0.39, 0.29) is 11.1 Å². The number of unbranched alkanes of at least 4 members (excludes halogenated alkanes) is 23. The van der Waals surface area contributed by atoms with E-state index in [9.17, 15) is 14.7 Å². The van der Waals surface area contributed by atoms with Gasteiger partial charge < -0.3 is 9.84 Å². The lowest BCUT2D eigenvalue weighted by atomic mass is 10.0. The molecule has 4 nitrogen and oxygen atoms in total. The normalized spacial score (nSPS) is 11.1. The Kier molecular flexibility index (Phi) is 22.9. The number of esters is 1. The van der Waals surface area contributed by atoms with E-state index in [0.29, 0.717) is 6.61 Å². The Morgan fingerprint density at radius 3 is 1.18 bits per heavy atom. The molecule has 1 aromatic carbocycles. The number of ether oxygens (including phenoxy) is 1. The number of rotatable bonds is 27. The summed E-state index contributed by atoms with van der Waals surface area (Å²) in [5.74, 6) is -1.65. The van der Waals surface area contributed by atoms with Gasteiger partial charge in [0.1, 0.15) is 0 Å². The highest BCUT2D eigenvalue weighted by Crippen LogP contribution is 2.16. The molecule has 38 heavy (non-hydrogen) atoms. The maximum absolute atomic E-state index is 12.1. The average molecular weight is 531 g/mol. The summed E-state index contributed by atoms with van der Waals surface area (Å²) >= 11 is 0. The summed E-state index contributed by atoms with van der Waals surface area (Å²) in [6.45, 7) is 2.64. The van der Waals surface area contributed by atoms with Crippen LogP contribution in [0.15, 0.2) is 24.3 Å². The summed E-state index contributed by atoms with van der Waals surface area (Å²) in [6, 6.07) is 6.20. The first-order valence-electron chi connectivity index (χ1n) is 16.2. The third-order valence-corrected chi connectivity index (χ3v) is 7.61. The second-order valence-electron chi connectivity index (χ2n) is 11.1. The van der Waals surface area contributed by atoms with Gasteiger partial charge in [0.05, 0.1) is 17.7 Å². The van der Waals surface area contributed by atoms with E-state index in [1.54, 1.807) is 12.1 Å². The maximum atomic E-state index is 12.1. The minimum Gasteiger partial charge on any atom is -0.478 e. The zero-order valence-corrected chi connectivity index (χ0v) is 24.7. The molecule has 0 saturated carbocycles. The van der Waals surface area contributed by atoms with Gasteiger partial charge >= 0.3 is 11.9 Å². The van der Waals surface area contributed by atoms with Gasteiger partial charge in [-0.3, -0.25) is 0 Å². The standard InChI is InChI=1S/C34H58O4/c1-2-3-4-5-6-7-8-9-10-11-12-13-14-15-16-17-18-19-20-21-22-23-24-27-30-38-34(37)32-29-26-25-28-31(32)33(35)36/h25-26,28-29H,2-24,27,30H2,1H3,(H,35,36). The average Bonchev–Trinajstić information content (AvgIpc) is 2.92. The SMILES string of the molecule is CCCCCCCCCCCCCCCCCCCCCCCCCCOC(=O)c1ccccc1C(=O)O. The van der Waals surface area contributed by atoms with E-state index < -0.39 is 11.9 Å². The van der Waals surface area contributed by atoms with Crippen LogP contribution in [0.4, 0.5) is 0 Å². The number of hydrogen-bond acceptors (Lipinski definition) is 3. The minimum atomic E-state index is -1.10. The lowest BCUT2D eigenvalue weighted by Crippen LogP contribution is -2.12. The van der Waals surface area contributed by atoms with Crippen molar-refractivity contribution in [1.29, 1.82) is 0 Å². The van der Waals surface area contributed by atoms with Gasteiger partial charge in [-0.1, -0.05) is 167 Å². The van der Waals surface area contributed by atoms with Crippen molar-refractivity contribution in [3.8, 4) is 0 Å². The molecule has 218 valence electrons. The highest BCUT2D eigenvalue weighted by molar-refractivity contribution is 6.02. The van der Waals surface area contributed by atoms with Gasteiger partial charge in [-0.05, 0) is 18.6 Å². The Labute approximate surface area is 234 Å². The molecule has 0 saturated heterocycles. The summed E-state index contributed by atoms with van der Waals surface area (Å²) in [5, 5.41) is 9.17. The van der Waals surface area contributed by atoms with Gasteiger partial charge in [-0.15, -0.1) is 0 Å². The first-order valence-corrected chi connectivity index (χ1v) is 16.2. The van der Waals surface area contributed by atoms with Crippen molar-refractivity contribution in [2.45, 2.75) is 161 Å². The monoisotopic (exact) mass is 530 g/mol. The van der Waals surface area contributed by atoms with Crippen molar-refractivity contribution in [1.82, 2.24) is 0 Å². The number of aromatic carboxylic acids is 1. The van der Waals surface area contributed by atoms with Crippen LogP contribution in [0.3, 0.4) is 0 Å². The molecule has 1 N–H and O–H groups in total. The van der Waals surface area contributed by atoms with E-state index in [0.717, 1.165) is 12.8 Å². The zero-order chi connectivity index (χ0) is 27.5. The van der Waals surface area contributed by atoms with Crippen LogP contribution in [0.5, 0.6) is 0 Å². The van der Waals surface area contributed by atoms with Crippen LogP contribution in [0, 0.1) is 0 Å². The third-order valence-electron chi connectivity index (χ3n) is 7.61. The smallest absolute Gasteiger partial charge is 0.339 e. The largest absolute Gasteiger partial charge is 0.478 e. The second kappa shape index (κ2) is 25.4. The molecule has 0 bridgehead atoms. The Balaban J connectivity index is 1.76. The minimum absolute atomic E-state index is 0.00270. The summed E-state index contributed by atoms with van der Waals surface area (Å²) in [5.41, 5.74) is 0.126. The fraction of sp³-hybridized carbons (Fsp3) is 0.765. The number of carboxylic acids is 1. The van der Waals surface area contributed by atoms with E-state index in [1.807, 2.05) is 0 Å². The molecule has 4 heteroatoms. The molecule has 0 amide bonds. The molecular formula is C34H58O4. The van der Waals surface area contributed by atoms with Crippen molar-refractivity contribution >= 4 is 11.9 Å². The number of carbonyl (C=O) groups excluding carboxylic acids is 1. The van der Waals surface area contributed by atoms with Crippen LogP contribution in [-0.4, -0.2) is 23.7 Å². The van der Waals surface area contributed by atoms with Crippen molar-refractivity contribution < 1.29 is 19.4 Å². The van der Waals surface area contributed by atoms with Crippen LogP contribution in [0.2, 0.25) is 0 Å². The van der Waals surface area contributed by atoms with Gasteiger partial charge in [0.2, 0.25) is 0 Å². The Bertz CT molecular complexity index is 699. The number of benzene rings is 1. The molecular weight excluding hydrogens is 472 g/mol. The molecule has 0 aliphatic rings. The van der Waals surface area contributed by atoms with E-state index >= 15 is 0 Å². The Hall–Kier alpha value is -1.84. The summed E-state index contributed by atoms with van der Waals surface area (Å²) in [4.78, 5) is 23.3. The first kappa shape index (κ1) is 34.2. The van der Waals surface area contributed by atoms with Crippen LogP contribution < -0.4 is 0 Å². The lowest BCUT2D eigenvalue weighted by molar-refractivity contribution is 0.0487. The maximum Gasteiger partial charge on any atom is 0.339 e. The Morgan fingerprint density at radius 1 is 0.526 bits per heavy atom. The highest BCUT2D eigenvalue weighted by Gasteiger charge is 2.16. The van der Waals surface area contributed by atoms with Gasteiger partial charge in [-0.2, -0.15) is 0 Å². The molecule has 0 unspecified atom stereocenters. The van der Waals surface area contributed by atoms with Gasteiger partial charge in [0.15, 0.2) is 0 Å². The first-order chi connectivity index (χ1) is 18.7. The predicted molar refractivity (Wildman–Crippen MR) is 160 cm³/mol. The highest BCUT2D eigenvalue weighted by atomic mass is 16.5. The fourth-order valence-corrected chi connectivity index (χ4v) is 5.15. The summed E-state index contributed by atoms with van der Waals surface area (Å²) < 4.78 is 5.27. The number of carboxylic acid groups (broad SMARTS) is 1. The second-order valence-corrected chi connectivity index (χ2v) is 11.1. The molecule has 1 aromatic rings. The lowest BCUT2D eigenvalue weighted by Gasteiger charge is -2.07. The molecule has 1 rings (SSSR count). The summed E-state index contributed by atoms with van der Waals surface area (Å²) in [6.07, 6.45) is 32.6. The molecule has 0 aliphatic carbocycles.